The lowest BCUT2D eigenvalue weighted by molar-refractivity contribution is -0.384. The number of carbonyl (C=O) groups excluding carboxylic acids is 3. The first kappa shape index (κ1) is 29.3. The van der Waals surface area contributed by atoms with Gasteiger partial charge in [-0.25, -0.2) is 4.79 Å². The van der Waals surface area contributed by atoms with Crippen LogP contribution in [0.15, 0.2) is 73.8 Å². The highest BCUT2D eigenvalue weighted by Gasteiger charge is 2.21. The number of nitro benzene ring substituents is 1. The highest BCUT2D eigenvalue weighted by atomic mass is 16.6. The van der Waals surface area contributed by atoms with Gasteiger partial charge in [0.15, 0.2) is 0 Å². The van der Waals surface area contributed by atoms with Gasteiger partial charge in [-0.1, -0.05) is 25.3 Å². The number of amides is 2. The molecular formula is C30H29N3O7. The highest BCUT2D eigenvalue weighted by Crippen LogP contribution is 2.32. The van der Waals surface area contributed by atoms with Crippen LogP contribution in [0.3, 0.4) is 0 Å². The van der Waals surface area contributed by atoms with Crippen molar-refractivity contribution in [3.05, 3.63) is 117 Å². The minimum Gasteiger partial charge on any atom is -0.488 e. The summed E-state index contributed by atoms with van der Waals surface area (Å²) in [5.74, 6) is -1.15. The molecule has 0 aromatic heterocycles. The van der Waals surface area contributed by atoms with Gasteiger partial charge >= 0.3 is 5.97 Å². The molecule has 0 radical (unpaired) electrons. The fraction of sp³-hybridized carbons (Fsp3) is 0.167. The van der Waals surface area contributed by atoms with Gasteiger partial charge in [0, 0.05) is 40.2 Å². The van der Waals surface area contributed by atoms with Crippen molar-refractivity contribution in [2.45, 2.75) is 20.8 Å². The predicted molar refractivity (Wildman–Crippen MR) is 152 cm³/mol. The molecule has 0 unspecified atom stereocenters. The molecule has 10 nitrogen and oxygen atoms in total. The smallest absolute Gasteiger partial charge is 0.342 e. The van der Waals surface area contributed by atoms with E-state index in [9.17, 15) is 24.5 Å². The fourth-order valence-corrected chi connectivity index (χ4v) is 3.85. The average Bonchev–Trinajstić information content (AvgIpc) is 2.94. The molecule has 0 aliphatic carbocycles. The minimum absolute atomic E-state index is 0.0419. The van der Waals surface area contributed by atoms with Gasteiger partial charge in [0.2, 0.25) is 0 Å². The Bertz CT molecular complexity index is 1490. The number of benzene rings is 3. The van der Waals surface area contributed by atoms with Crippen LogP contribution in [0, 0.1) is 30.9 Å². The van der Waals surface area contributed by atoms with Crippen LogP contribution in [0.1, 0.15) is 47.8 Å². The van der Waals surface area contributed by atoms with Crippen LogP contribution in [0.5, 0.6) is 5.75 Å². The van der Waals surface area contributed by atoms with Gasteiger partial charge in [0.25, 0.3) is 17.5 Å². The summed E-state index contributed by atoms with van der Waals surface area (Å²) in [6.45, 7) is 12.6. The molecule has 3 aromatic carbocycles. The normalized spacial score (nSPS) is 10.3. The van der Waals surface area contributed by atoms with Gasteiger partial charge in [-0.15, -0.1) is 0 Å². The molecule has 40 heavy (non-hydrogen) atoms. The van der Waals surface area contributed by atoms with Crippen LogP contribution in [-0.4, -0.2) is 35.9 Å². The Morgan fingerprint density at radius 3 is 1.98 bits per heavy atom. The van der Waals surface area contributed by atoms with E-state index in [4.69, 9.17) is 9.47 Å². The number of nitrogens with zero attached hydrogens (tertiary/aromatic N) is 1. The Morgan fingerprint density at radius 2 is 1.38 bits per heavy atom. The summed E-state index contributed by atoms with van der Waals surface area (Å²) in [7, 11) is 0. The van der Waals surface area contributed by atoms with Gasteiger partial charge in [0.1, 0.15) is 24.5 Å². The summed E-state index contributed by atoms with van der Waals surface area (Å²) in [4.78, 5) is 48.7. The summed E-state index contributed by atoms with van der Waals surface area (Å²) in [5.41, 5.74) is 3.52. The molecule has 0 saturated heterocycles. The summed E-state index contributed by atoms with van der Waals surface area (Å²) >= 11 is 0. The number of esters is 1. The number of nitrogens with one attached hydrogen (secondary N) is 2. The number of anilines is 2. The minimum atomic E-state index is -0.585. The first-order valence-electron chi connectivity index (χ1n) is 12.2. The van der Waals surface area contributed by atoms with Crippen molar-refractivity contribution in [1.82, 2.24) is 0 Å². The topological polar surface area (TPSA) is 137 Å². The van der Waals surface area contributed by atoms with E-state index in [0.717, 1.165) is 0 Å². The number of non-ortho nitro benzene ring substituents is 1. The number of rotatable bonds is 11. The Balaban J connectivity index is 1.83. The average molecular weight is 544 g/mol. The SMILES string of the molecule is C=CCOC(=O)c1ccc(NC(=O)c2ccc(NC(=O)c3ccc([N+](=O)[O-])cc3)c(C)c2C)c(C)c1OCC=C. The molecule has 0 bridgehead atoms. The maximum Gasteiger partial charge on any atom is 0.342 e. The van der Waals surface area contributed by atoms with Crippen LogP contribution in [0.2, 0.25) is 0 Å². The maximum absolute atomic E-state index is 13.3. The fourth-order valence-electron chi connectivity index (χ4n) is 3.85. The monoisotopic (exact) mass is 543 g/mol. The lowest BCUT2D eigenvalue weighted by Gasteiger charge is -2.18. The number of carbonyl (C=O) groups is 3. The second-order valence-electron chi connectivity index (χ2n) is 8.72. The quantitative estimate of drug-likeness (QED) is 0.132. The third-order valence-corrected chi connectivity index (χ3v) is 6.17. The van der Waals surface area contributed by atoms with Gasteiger partial charge < -0.3 is 20.1 Å². The zero-order valence-electron chi connectivity index (χ0n) is 22.4. The summed E-state index contributed by atoms with van der Waals surface area (Å²) in [6.07, 6.45) is 3.00. The molecule has 2 amide bonds. The number of ether oxygens (including phenoxy) is 2. The van der Waals surface area contributed by atoms with E-state index in [-0.39, 0.29) is 35.8 Å². The van der Waals surface area contributed by atoms with E-state index in [1.54, 1.807) is 39.0 Å². The predicted octanol–water partition coefficient (Wildman–Crippen LogP) is 5.93. The Kier molecular flexibility index (Phi) is 9.53. The summed E-state index contributed by atoms with van der Waals surface area (Å²) in [6, 6.07) is 11.6. The second kappa shape index (κ2) is 13.0. The number of hydrogen-bond donors (Lipinski definition) is 2. The lowest BCUT2D eigenvalue weighted by atomic mass is 10.00. The van der Waals surface area contributed by atoms with Crippen molar-refractivity contribution >= 4 is 34.8 Å². The third kappa shape index (κ3) is 6.60. The van der Waals surface area contributed by atoms with E-state index in [2.05, 4.69) is 23.8 Å². The molecule has 0 spiro atoms. The summed E-state index contributed by atoms with van der Waals surface area (Å²) < 4.78 is 10.9. The molecular weight excluding hydrogens is 514 g/mol. The molecule has 206 valence electrons. The molecule has 0 fully saturated rings. The zero-order valence-corrected chi connectivity index (χ0v) is 22.4. The van der Waals surface area contributed by atoms with Crippen LogP contribution in [-0.2, 0) is 4.74 Å². The van der Waals surface area contributed by atoms with E-state index in [0.29, 0.717) is 33.6 Å². The molecule has 3 rings (SSSR count). The van der Waals surface area contributed by atoms with Crippen molar-refractivity contribution in [1.29, 1.82) is 0 Å². The van der Waals surface area contributed by atoms with E-state index in [1.807, 2.05) is 0 Å². The lowest BCUT2D eigenvalue weighted by Crippen LogP contribution is -2.18. The number of hydrogen-bond acceptors (Lipinski definition) is 7. The van der Waals surface area contributed by atoms with E-state index < -0.39 is 22.7 Å². The van der Waals surface area contributed by atoms with E-state index in [1.165, 1.54) is 42.5 Å². The standard InChI is InChI=1S/C30H29N3O7/c1-6-16-39-27-20(5)26(15-13-24(27)30(36)40-17-7-2)32-29(35)23-12-14-25(19(4)18(23)3)31-28(34)21-8-10-22(11-9-21)33(37)38/h6-15H,1-2,16-17H2,3-5H3,(H,31,34)(H,32,35). The summed E-state index contributed by atoms with van der Waals surface area (Å²) in [5, 5.41) is 16.5. The van der Waals surface area contributed by atoms with E-state index >= 15 is 0 Å². The molecule has 10 heteroatoms. The first-order chi connectivity index (χ1) is 19.1. The van der Waals surface area contributed by atoms with Crippen molar-refractivity contribution in [2.75, 3.05) is 23.8 Å². The Labute approximate surface area is 231 Å². The molecule has 0 aliphatic heterocycles. The Hall–Kier alpha value is -5.25. The van der Waals surface area contributed by atoms with Gasteiger partial charge in [-0.2, -0.15) is 0 Å². The molecule has 3 aromatic rings. The number of nitro groups is 1. The van der Waals surface area contributed by atoms with Crippen molar-refractivity contribution < 1.29 is 28.8 Å². The van der Waals surface area contributed by atoms with Crippen LogP contribution in [0.25, 0.3) is 0 Å². The molecule has 0 aliphatic rings. The molecule has 0 heterocycles. The largest absolute Gasteiger partial charge is 0.488 e. The van der Waals surface area contributed by atoms with Gasteiger partial charge in [0.05, 0.1) is 4.92 Å². The maximum atomic E-state index is 13.3. The Morgan fingerprint density at radius 1 is 0.800 bits per heavy atom. The van der Waals surface area contributed by atoms with Crippen molar-refractivity contribution in [2.24, 2.45) is 0 Å². The van der Waals surface area contributed by atoms with Crippen LogP contribution in [0.4, 0.5) is 17.1 Å². The highest BCUT2D eigenvalue weighted by molar-refractivity contribution is 6.08. The third-order valence-electron chi connectivity index (χ3n) is 6.17. The zero-order chi connectivity index (χ0) is 29.4. The van der Waals surface area contributed by atoms with Gasteiger partial charge in [-0.3, -0.25) is 19.7 Å². The van der Waals surface area contributed by atoms with Crippen LogP contribution < -0.4 is 15.4 Å². The van der Waals surface area contributed by atoms with Gasteiger partial charge in [-0.05, 0) is 68.3 Å². The first-order valence-corrected chi connectivity index (χ1v) is 12.2. The second-order valence-corrected chi connectivity index (χ2v) is 8.72. The molecule has 0 saturated carbocycles. The molecule has 2 N–H and O–H groups in total. The van der Waals surface area contributed by atoms with Crippen molar-refractivity contribution in [3.63, 3.8) is 0 Å². The molecule has 0 atom stereocenters. The van der Waals surface area contributed by atoms with Crippen LogP contribution >= 0.6 is 0 Å². The van der Waals surface area contributed by atoms with Crippen molar-refractivity contribution in [3.8, 4) is 5.75 Å².